The molecule has 24 heavy (non-hydrogen) atoms. The van der Waals surface area contributed by atoms with Crippen molar-refractivity contribution in [3.8, 4) is 0 Å². The van der Waals surface area contributed by atoms with Gasteiger partial charge < -0.3 is 0 Å². The number of nitrogens with zero attached hydrogens (tertiary/aromatic N) is 1. The first-order chi connectivity index (χ1) is 11.4. The van der Waals surface area contributed by atoms with Gasteiger partial charge in [-0.2, -0.15) is 0 Å². The Morgan fingerprint density at radius 1 is 1.08 bits per heavy atom. The van der Waals surface area contributed by atoms with Crippen LogP contribution in [0.3, 0.4) is 0 Å². The quantitative estimate of drug-likeness (QED) is 0.622. The van der Waals surface area contributed by atoms with Crippen LogP contribution in [-0.2, 0) is 4.79 Å². The van der Waals surface area contributed by atoms with E-state index in [1.807, 2.05) is 13.8 Å². The molecule has 1 aromatic heterocycles. The molecule has 2 aromatic rings. The minimum atomic E-state index is -0.470. The Balaban J connectivity index is 2.36. The number of pyridine rings is 1. The summed E-state index contributed by atoms with van der Waals surface area (Å²) in [4.78, 5) is 29.0. The molecule has 1 aromatic carbocycles. The van der Waals surface area contributed by atoms with Gasteiger partial charge in [0.1, 0.15) is 5.78 Å². The number of carbonyl (C=O) groups is 2. The van der Waals surface area contributed by atoms with Crippen LogP contribution in [0.1, 0.15) is 48.5 Å². The van der Waals surface area contributed by atoms with Crippen molar-refractivity contribution in [2.75, 3.05) is 0 Å². The highest BCUT2D eigenvalue weighted by atomic mass is 35.5. The van der Waals surface area contributed by atoms with Crippen LogP contribution in [-0.4, -0.2) is 16.6 Å². The van der Waals surface area contributed by atoms with E-state index in [4.69, 9.17) is 23.2 Å². The lowest BCUT2D eigenvalue weighted by molar-refractivity contribution is -0.122. The second kappa shape index (κ2) is 8.41. The summed E-state index contributed by atoms with van der Waals surface area (Å²) in [6.07, 6.45) is 4.04. The molecule has 0 spiro atoms. The van der Waals surface area contributed by atoms with Gasteiger partial charge in [-0.05, 0) is 42.3 Å². The van der Waals surface area contributed by atoms with Crippen molar-refractivity contribution in [1.29, 1.82) is 0 Å². The summed E-state index contributed by atoms with van der Waals surface area (Å²) in [5.74, 6) is -0.608. The number of benzene rings is 1. The Kier molecular flexibility index (Phi) is 6.52. The van der Waals surface area contributed by atoms with E-state index >= 15 is 0 Å². The summed E-state index contributed by atoms with van der Waals surface area (Å²) in [6, 6.07) is 8.49. The topological polar surface area (TPSA) is 47.0 Å². The van der Waals surface area contributed by atoms with Crippen LogP contribution >= 0.6 is 23.2 Å². The van der Waals surface area contributed by atoms with Gasteiger partial charge in [0.15, 0.2) is 5.78 Å². The number of ketones is 2. The number of carbonyl (C=O) groups excluding carboxylic acids is 2. The monoisotopic (exact) mass is 363 g/mol. The molecule has 126 valence electrons. The van der Waals surface area contributed by atoms with E-state index in [1.165, 1.54) is 6.20 Å². The Morgan fingerprint density at radius 3 is 2.33 bits per heavy atom. The molecule has 2 unspecified atom stereocenters. The van der Waals surface area contributed by atoms with E-state index < -0.39 is 5.92 Å². The van der Waals surface area contributed by atoms with E-state index in [0.717, 1.165) is 5.56 Å². The molecule has 0 saturated heterocycles. The number of rotatable bonds is 7. The van der Waals surface area contributed by atoms with E-state index in [2.05, 4.69) is 4.98 Å². The maximum Gasteiger partial charge on any atom is 0.170 e. The first-order valence-corrected chi connectivity index (χ1v) is 8.61. The summed E-state index contributed by atoms with van der Waals surface area (Å²) in [6.45, 7) is 3.68. The zero-order chi connectivity index (χ0) is 17.7. The maximum atomic E-state index is 13.0. The fraction of sp³-hybridized carbons (Fsp3) is 0.316. The molecule has 5 heteroatoms. The molecular weight excluding hydrogens is 345 g/mol. The first-order valence-electron chi connectivity index (χ1n) is 7.85. The Bertz CT molecular complexity index is 728. The zero-order valence-electron chi connectivity index (χ0n) is 13.6. The van der Waals surface area contributed by atoms with Gasteiger partial charge in [-0.3, -0.25) is 14.6 Å². The van der Waals surface area contributed by atoms with Crippen LogP contribution < -0.4 is 0 Å². The lowest BCUT2D eigenvalue weighted by Crippen LogP contribution is -2.20. The van der Waals surface area contributed by atoms with Gasteiger partial charge in [0.2, 0.25) is 0 Å². The number of hydrogen-bond acceptors (Lipinski definition) is 3. The molecule has 2 rings (SSSR count). The molecule has 0 fully saturated rings. The van der Waals surface area contributed by atoms with E-state index in [1.54, 1.807) is 36.5 Å². The average molecular weight is 364 g/mol. The zero-order valence-corrected chi connectivity index (χ0v) is 15.1. The molecule has 0 aliphatic heterocycles. The van der Waals surface area contributed by atoms with E-state index in [-0.39, 0.29) is 17.5 Å². The second-order valence-electron chi connectivity index (χ2n) is 5.82. The molecule has 2 atom stereocenters. The van der Waals surface area contributed by atoms with Gasteiger partial charge >= 0.3 is 0 Å². The summed E-state index contributed by atoms with van der Waals surface area (Å²) >= 11 is 11.9. The summed E-state index contributed by atoms with van der Waals surface area (Å²) in [5.41, 5.74) is 1.28. The highest BCUT2D eigenvalue weighted by Gasteiger charge is 2.27. The third kappa shape index (κ3) is 4.65. The van der Waals surface area contributed by atoms with Gasteiger partial charge in [0.05, 0.1) is 5.02 Å². The lowest BCUT2D eigenvalue weighted by Gasteiger charge is -2.20. The van der Waals surface area contributed by atoms with Crippen molar-refractivity contribution in [3.05, 3.63) is 63.9 Å². The molecule has 0 saturated carbocycles. The van der Waals surface area contributed by atoms with Crippen molar-refractivity contribution in [3.63, 3.8) is 0 Å². The van der Waals surface area contributed by atoms with Crippen molar-refractivity contribution in [1.82, 2.24) is 4.98 Å². The lowest BCUT2D eigenvalue weighted by atomic mass is 9.83. The third-order valence-corrected chi connectivity index (χ3v) is 4.52. The molecule has 0 radical (unpaired) electrons. The highest BCUT2D eigenvalue weighted by Crippen LogP contribution is 2.30. The normalized spacial score (nSPS) is 13.3. The molecule has 0 N–H and O–H groups in total. The highest BCUT2D eigenvalue weighted by molar-refractivity contribution is 6.31. The Labute approximate surface area is 152 Å². The molecule has 1 heterocycles. The average Bonchev–Trinajstić information content (AvgIpc) is 2.58. The number of aromatic nitrogens is 1. The van der Waals surface area contributed by atoms with Crippen LogP contribution in [0.15, 0.2) is 42.7 Å². The van der Waals surface area contributed by atoms with Crippen molar-refractivity contribution >= 4 is 34.8 Å². The fourth-order valence-corrected chi connectivity index (χ4v) is 2.97. The summed E-state index contributed by atoms with van der Waals surface area (Å²) in [7, 11) is 0. The Morgan fingerprint density at radius 2 is 1.75 bits per heavy atom. The van der Waals surface area contributed by atoms with Crippen LogP contribution in [0.5, 0.6) is 0 Å². The van der Waals surface area contributed by atoms with E-state index in [9.17, 15) is 9.59 Å². The number of halogens is 2. The molecule has 0 aliphatic carbocycles. The maximum absolute atomic E-state index is 13.0. The first kappa shape index (κ1) is 18.6. The van der Waals surface area contributed by atoms with Crippen LogP contribution in [0.25, 0.3) is 0 Å². The van der Waals surface area contributed by atoms with Crippen LogP contribution in [0.2, 0.25) is 10.0 Å². The van der Waals surface area contributed by atoms with Crippen LogP contribution in [0, 0.1) is 5.92 Å². The molecular formula is C19H19Cl2NO2. The van der Waals surface area contributed by atoms with Gasteiger partial charge in [0.25, 0.3) is 0 Å². The van der Waals surface area contributed by atoms with Crippen LogP contribution in [0.4, 0.5) is 0 Å². The standard InChI is InChI=1S/C19H19Cl2NO2/c1-3-18(23)12(2)8-17(14-9-16(21)11-22-10-14)19(24)13-4-6-15(20)7-5-13/h4-7,9-12,17H,3,8H2,1-2H3. The van der Waals surface area contributed by atoms with Crippen molar-refractivity contribution < 1.29 is 9.59 Å². The van der Waals surface area contributed by atoms with Gasteiger partial charge in [-0.25, -0.2) is 0 Å². The summed E-state index contributed by atoms with van der Waals surface area (Å²) in [5, 5.41) is 1.04. The largest absolute Gasteiger partial charge is 0.299 e. The minimum Gasteiger partial charge on any atom is -0.299 e. The van der Waals surface area contributed by atoms with Gasteiger partial charge in [-0.15, -0.1) is 0 Å². The minimum absolute atomic E-state index is 0.0634. The second-order valence-corrected chi connectivity index (χ2v) is 6.69. The number of hydrogen-bond donors (Lipinski definition) is 0. The SMILES string of the molecule is CCC(=O)C(C)CC(C(=O)c1ccc(Cl)cc1)c1cncc(Cl)c1. The predicted molar refractivity (Wildman–Crippen MR) is 96.8 cm³/mol. The van der Waals surface area contributed by atoms with Gasteiger partial charge in [0, 0.05) is 41.2 Å². The summed E-state index contributed by atoms with van der Waals surface area (Å²) < 4.78 is 0. The van der Waals surface area contributed by atoms with Crippen molar-refractivity contribution in [2.45, 2.75) is 32.6 Å². The third-order valence-electron chi connectivity index (χ3n) is 4.06. The fourth-order valence-electron chi connectivity index (χ4n) is 2.66. The predicted octanol–water partition coefficient (Wildman–Crippen LogP) is 5.36. The number of Topliss-reactive ketones (excluding diaryl/α,β-unsaturated/α-hetero) is 2. The van der Waals surface area contributed by atoms with E-state index in [0.29, 0.717) is 28.5 Å². The Hall–Kier alpha value is -1.71. The molecule has 0 bridgehead atoms. The molecule has 0 amide bonds. The van der Waals surface area contributed by atoms with Crippen molar-refractivity contribution in [2.24, 2.45) is 5.92 Å². The van der Waals surface area contributed by atoms with Gasteiger partial charge in [-0.1, -0.05) is 37.0 Å². The smallest absolute Gasteiger partial charge is 0.170 e. The molecule has 0 aliphatic rings. The molecule has 3 nitrogen and oxygen atoms in total.